The van der Waals surface area contributed by atoms with E-state index in [1.165, 1.54) is 6.42 Å². The molecule has 1 saturated heterocycles. The molecule has 8 nitrogen and oxygen atoms in total. The van der Waals surface area contributed by atoms with Crippen LogP contribution >= 0.6 is 0 Å². The highest BCUT2D eigenvalue weighted by Crippen LogP contribution is 2.29. The van der Waals surface area contributed by atoms with Gasteiger partial charge in [-0.1, -0.05) is 6.42 Å². The number of nitrogens with one attached hydrogen (secondary N) is 3. The Bertz CT molecular complexity index is 703. The molecule has 2 amide bonds. The molecule has 0 bridgehead atoms. The molecule has 3 heterocycles. The lowest BCUT2D eigenvalue weighted by molar-refractivity contribution is -0.139. The molecule has 1 aromatic heterocycles. The quantitative estimate of drug-likeness (QED) is 0.699. The van der Waals surface area contributed by atoms with Crippen molar-refractivity contribution in [2.45, 2.75) is 71.2 Å². The summed E-state index contributed by atoms with van der Waals surface area (Å²) >= 11 is 0. The van der Waals surface area contributed by atoms with E-state index in [1.54, 1.807) is 0 Å². The van der Waals surface area contributed by atoms with Crippen molar-refractivity contribution < 1.29 is 9.59 Å². The van der Waals surface area contributed by atoms with Crippen molar-refractivity contribution in [1.82, 2.24) is 30.8 Å². The highest BCUT2D eigenvalue weighted by atomic mass is 16.2. The first kappa shape index (κ1) is 18.4. The summed E-state index contributed by atoms with van der Waals surface area (Å²) in [4.78, 5) is 26.7. The van der Waals surface area contributed by atoms with Crippen molar-refractivity contribution in [3.63, 3.8) is 0 Å². The minimum absolute atomic E-state index is 0.0527. The first-order valence-electron chi connectivity index (χ1n) is 10.1. The summed E-state index contributed by atoms with van der Waals surface area (Å²) in [7, 11) is 0. The number of amides is 2. The van der Waals surface area contributed by atoms with E-state index in [9.17, 15) is 9.59 Å². The average Bonchev–Trinajstić information content (AvgIpc) is 3.15. The van der Waals surface area contributed by atoms with Gasteiger partial charge in [-0.15, -0.1) is 0 Å². The van der Waals surface area contributed by atoms with Gasteiger partial charge in [0.1, 0.15) is 0 Å². The predicted octanol–water partition coefficient (Wildman–Crippen LogP) is 0.533. The third-order valence-electron chi connectivity index (χ3n) is 6.33. The second-order valence-corrected chi connectivity index (χ2v) is 8.25. The summed E-state index contributed by atoms with van der Waals surface area (Å²) in [5.74, 6) is 0.872. The van der Waals surface area contributed by atoms with Gasteiger partial charge in [0.15, 0.2) is 0 Å². The van der Waals surface area contributed by atoms with Crippen LogP contribution < -0.4 is 16.2 Å². The van der Waals surface area contributed by atoms with Gasteiger partial charge in [-0.05, 0) is 32.8 Å². The van der Waals surface area contributed by atoms with Crippen LogP contribution in [0.15, 0.2) is 6.07 Å². The molecule has 3 N–H and O–H groups in total. The van der Waals surface area contributed by atoms with E-state index in [0.29, 0.717) is 25.4 Å². The third-order valence-corrected chi connectivity index (χ3v) is 6.33. The first-order valence-corrected chi connectivity index (χ1v) is 10.1. The lowest BCUT2D eigenvalue weighted by Gasteiger charge is -2.34. The van der Waals surface area contributed by atoms with E-state index < -0.39 is 0 Å². The Morgan fingerprint density at radius 2 is 1.96 bits per heavy atom. The highest BCUT2D eigenvalue weighted by molar-refractivity contribution is 5.79. The largest absolute Gasteiger partial charge is 0.350 e. The Hall–Kier alpha value is -1.93. The average molecular weight is 374 g/mol. The van der Waals surface area contributed by atoms with Gasteiger partial charge in [-0.2, -0.15) is 5.10 Å². The molecule has 0 radical (unpaired) electrons. The zero-order chi connectivity index (χ0) is 19.0. The number of fused-ring (bicyclic) bond motifs is 1. The molecule has 3 aliphatic rings. The molecule has 1 aromatic rings. The van der Waals surface area contributed by atoms with Crippen LogP contribution in [0, 0.1) is 11.8 Å². The van der Waals surface area contributed by atoms with Crippen molar-refractivity contribution in [3.05, 3.63) is 17.5 Å². The molecular weight excluding hydrogens is 344 g/mol. The van der Waals surface area contributed by atoms with Crippen molar-refractivity contribution in [1.29, 1.82) is 0 Å². The van der Waals surface area contributed by atoms with E-state index >= 15 is 0 Å². The van der Waals surface area contributed by atoms with Crippen molar-refractivity contribution in [2.24, 2.45) is 11.8 Å². The second-order valence-electron chi connectivity index (χ2n) is 8.25. The van der Waals surface area contributed by atoms with Crippen LogP contribution in [0.5, 0.6) is 0 Å². The standard InChI is InChI=1S/C19H30N6O2/c1-12-17(13(2)22-21-12)9-18(26)20-10-15-8-16-11-24(6-7-25(16)23-15)19(27)14-4-3-5-14/h8,12-14,17,21-22H,3-7,9-11H2,1-2H3,(H,20,26). The van der Waals surface area contributed by atoms with E-state index in [1.807, 2.05) is 15.6 Å². The predicted molar refractivity (Wildman–Crippen MR) is 100 cm³/mol. The zero-order valence-corrected chi connectivity index (χ0v) is 16.2. The Morgan fingerprint density at radius 3 is 2.63 bits per heavy atom. The van der Waals surface area contributed by atoms with Crippen LogP contribution in [-0.2, 0) is 29.2 Å². The van der Waals surface area contributed by atoms with Gasteiger partial charge in [-0.3, -0.25) is 25.1 Å². The summed E-state index contributed by atoms with van der Waals surface area (Å²) in [5, 5.41) is 7.59. The highest BCUT2D eigenvalue weighted by Gasteiger charge is 2.32. The molecule has 1 saturated carbocycles. The number of carbonyl (C=O) groups is 2. The van der Waals surface area contributed by atoms with Crippen LogP contribution in [-0.4, -0.2) is 45.1 Å². The number of nitrogens with zero attached hydrogens (tertiary/aromatic N) is 3. The number of hydrogen-bond acceptors (Lipinski definition) is 5. The monoisotopic (exact) mass is 374 g/mol. The van der Waals surface area contributed by atoms with E-state index in [-0.39, 0.29) is 29.8 Å². The molecule has 1 aliphatic carbocycles. The Morgan fingerprint density at radius 1 is 1.22 bits per heavy atom. The third kappa shape index (κ3) is 3.87. The molecule has 148 valence electrons. The topological polar surface area (TPSA) is 91.3 Å². The number of carbonyl (C=O) groups excluding carboxylic acids is 2. The fourth-order valence-electron chi connectivity index (χ4n) is 4.25. The molecule has 8 heteroatoms. The lowest BCUT2D eigenvalue weighted by atomic mass is 9.84. The van der Waals surface area contributed by atoms with E-state index in [4.69, 9.17) is 0 Å². The Balaban J connectivity index is 1.29. The summed E-state index contributed by atoms with van der Waals surface area (Å²) < 4.78 is 1.97. The van der Waals surface area contributed by atoms with Crippen molar-refractivity contribution >= 4 is 11.8 Å². The maximum absolute atomic E-state index is 12.5. The molecule has 27 heavy (non-hydrogen) atoms. The van der Waals surface area contributed by atoms with E-state index in [2.05, 4.69) is 35.1 Å². The van der Waals surface area contributed by atoms with Gasteiger partial charge in [-0.25, -0.2) is 0 Å². The fourth-order valence-corrected chi connectivity index (χ4v) is 4.25. The first-order chi connectivity index (χ1) is 13.0. The smallest absolute Gasteiger partial charge is 0.226 e. The van der Waals surface area contributed by atoms with Crippen LogP contribution in [0.3, 0.4) is 0 Å². The normalized spacial score (nSPS) is 27.9. The van der Waals surface area contributed by atoms with Crippen LogP contribution in [0.1, 0.15) is 50.9 Å². The second kappa shape index (κ2) is 7.59. The maximum atomic E-state index is 12.5. The Labute approximate surface area is 160 Å². The molecule has 2 aliphatic heterocycles. The summed E-state index contributed by atoms with van der Waals surface area (Å²) in [6, 6.07) is 2.58. The van der Waals surface area contributed by atoms with Gasteiger partial charge >= 0.3 is 0 Å². The molecule has 2 atom stereocenters. The molecule has 2 unspecified atom stereocenters. The minimum atomic E-state index is 0.0527. The van der Waals surface area contributed by atoms with Crippen LogP contribution in [0.4, 0.5) is 0 Å². The molecule has 4 rings (SSSR count). The van der Waals surface area contributed by atoms with Gasteiger partial charge < -0.3 is 10.2 Å². The van der Waals surface area contributed by atoms with Gasteiger partial charge in [0.05, 0.1) is 31.0 Å². The Kier molecular flexibility index (Phi) is 5.19. The summed E-state index contributed by atoms with van der Waals surface area (Å²) in [5.41, 5.74) is 8.29. The molecule has 0 spiro atoms. The van der Waals surface area contributed by atoms with Gasteiger partial charge in [0.25, 0.3) is 0 Å². The SMILES string of the molecule is CC1NNC(C)C1CC(=O)NCc1cc2n(n1)CCN(C(=O)C1CCC1)C2. The fraction of sp³-hybridized carbons (Fsp3) is 0.737. The van der Waals surface area contributed by atoms with Gasteiger partial charge in [0.2, 0.25) is 11.8 Å². The summed E-state index contributed by atoms with van der Waals surface area (Å²) in [6.07, 6.45) is 3.75. The zero-order valence-electron chi connectivity index (χ0n) is 16.2. The van der Waals surface area contributed by atoms with Crippen LogP contribution in [0.25, 0.3) is 0 Å². The summed E-state index contributed by atoms with van der Waals surface area (Å²) in [6.45, 7) is 6.71. The lowest BCUT2D eigenvalue weighted by Crippen LogP contribution is -2.43. The van der Waals surface area contributed by atoms with Gasteiger partial charge in [0, 0.05) is 36.9 Å². The number of aromatic nitrogens is 2. The molecule has 0 aromatic carbocycles. The number of hydrogen-bond donors (Lipinski definition) is 3. The number of rotatable bonds is 5. The number of hydrazine groups is 1. The molecular formula is C19H30N6O2. The van der Waals surface area contributed by atoms with Crippen molar-refractivity contribution in [2.75, 3.05) is 6.54 Å². The van der Waals surface area contributed by atoms with E-state index in [0.717, 1.165) is 37.3 Å². The van der Waals surface area contributed by atoms with Crippen LogP contribution in [0.2, 0.25) is 0 Å². The van der Waals surface area contributed by atoms with Crippen molar-refractivity contribution in [3.8, 4) is 0 Å². The minimum Gasteiger partial charge on any atom is -0.350 e. The molecule has 2 fully saturated rings. The maximum Gasteiger partial charge on any atom is 0.226 e.